The summed E-state index contributed by atoms with van der Waals surface area (Å²) in [5, 5.41) is 0. The highest BCUT2D eigenvalue weighted by Gasteiger charge is 2.17. The zero-order valence-corrected chi connectivity index (χ0v) is 11.2. The van der Waals surface area contributed by atoms with Gasteiger partial charge in [-0.05, 0) is 23.8 Å². The highest BCUT2D eigenvalue weighted by molar-refractivity contribution is 9.09. The van der Waals surface area contributed by atoms with E-state index in [4.69, 9.17) is 4.74 Å². The minimum absolute atomic E-state index is 0.278. The molecule has 0 amide bonds. The first kappa shape index (κ1) is 13.0. The normalized spacial score (nSPS) is 12.2. The van der Waals surface area contributed by atoms with Crippen LogP contribution in [0.5, 0.6) is 5.75 Å². The topological polar surface area (TPSA) is 9.23 Å². The van der Waals surface area contributed by atoms with E-state index < -0.39 is 11.6 Å². The van der Waals surface area contributed by atoms with E-state index in [2.05, 4.69) is 15.9 Å². The van der Waals surface area contributed by atoms with Crippen molar-refractivity contribution in [2.75, 3.05) is 7.11 Å². The fourth-order valence-electron chi connectivity index (χ4n) is 1.67. The third-order valence-electron chi connectivity index (χ3n) is 2.66. The lowest BCUT2D eigenvalue weighted by Crippen LogP contribution is -1.99. The maximum atomic E-state index is 13.7. The van der Waals surface area contributed by atoms with E-state index in [1.54, 1.807) is 25.3 Å². The average molecular weight is 313 g/mol. The molecule has 18 heavy (non-hydrogen) atoms. The Morgan fingerprint density at radius 1 is 1.06 bits per heavy atom. The summed E-state index contributed by atoms with van der Waals surface area (Å²) in [6.45, 7) is 0. The van der Waals surface area contributed by atoms with E-state index in [1.165, 1.54) is 6.07 Å². The molecule has 0 spiro atoms. The molecule has 0 aliphatic heterocycles. The number of hydrogen-bond donors (Lipinski definition) is 0. The molecule has 2 rings (SSSR count). The van der Waals surface area contributed by atoms with Crippen molar-refractivity contribution in [3.63, 3.8) is 0 Å². The summed E-state index contributed by atoms with van der Waals surface area (Å²) in [5.74, 6) is -0.946. The highest BCUT2D eigenvalue weighted by atomic mass is 79.9. The zero-order valence-electron chi connectivity index (χ0n) is 9.66. The summed E-state index contributed by atoms with van der Waals surface area (Å²) in [6, 6.07) is 11.3. The van der Waals surface area contributed by atoms with Crippen molar-refractivity contribution in [2.24, 2.45) is 0 Å². The molecule has 2 aromatic carbocycles. The summed E-state index contributed by atoms with van der Waals surface area (Å²) in [5.41, 5.74) is 1.11. The van der Waals surface area contributed by atoms with Gasteiger partial charge in [0.25, 0.3) is 0 Å². The van der Waals surface area contributed by atoms with E-state index in [0.29, 0.717) is 0 Å². The standard InChI is InChI=1S/C14H11BrF2O/c1-18-10-7-5-9(6-8-10)13(15)11-3-2-4-12(16)14(11)17/h2-8,13H,1H3. The molecule has 94 valence electrons. The van der Waals surface area contributed by atoms with Crippen molar-refractivity contribution in [1.82, 2.24) is 0 Å². The Hall–Kier alpha value is -1.42. The van der Waals surface area contributed by atoms with Crippen LogP contribution >= 0.6 is 15.9 Å². The number of methoxy groups -OCH3 is 1. The van der Waals surface area contributed by atoms with Crippen LogP contribution in [-0.2, 0) is 0 Å². The van der Waals surface area contributed by atoms with Crippen LogP contribution in [0.3, 0.4) is 0 Å². The van der Waals surface area contributed by atoms with Gasteiger partial charge in [-0.3, -0.25) is 0 Å². The highest BCUT2D eigenvalue weighted by Crippen LogP contribution is 2.33. The van der Waals surface area contributed by atoms with Crippen molar-refractivity contribution in [2.45, 2.75) is 4.83 Å². The molecule has 4 heteroatoms. The smallest absolute Gasteiger partial charge is 0.163 e. The van der Waals surface area contributed by atoms with Gasteiger partial charge in [0.05, 0.1) is 11.9 Å². The van der Waals surface area contributed by atoms with Gasteiger partial charge in [-0.25, -0.2) is 8.78 Å². The fraction of sp³-hybridized carbons (Fsp3) is 0.143. The number of benzene rings is 2. The Labute approximate surface area is 113 Å². The first-order valence-electron chi connectivity index (χ1n) is 5.35. The van der Waals surface area contributed by atoms with Crippen molar-refractivity contribution < 1.29 is 13.5 Å². The first-order valence-corrected chi connectivity index (χ1v) is 6.27. The molecule has 0 radical (unpaired) electrons. The second kappa shape index (κ2) is 5.48. The zero-order chi connectivity index (χ0) is 13.1. The summed E-state index contributed by atoms with van der Waals surface area (Å²) in [6.07, 6.45) is 0. The van der Waals surface area contributed by atoms with Crippen LogP contribution in [0.1, 0.15) is 16.0 Å². The van der Waals surface area contributed by atoms with Gasteiger partial charge in [0.1, 0.15) is 5.75 Å². The predicted molar refractivity (Wildman–Crippen MR) is 70.1 cm³/mol. The van der Waals surface area contributed by atoms with Crippen molar-refractivity contribution in [1.29, 1.82) is 0 Å². The van der Waals surface area contributed by atoms with Gasteiger partial charge in [-0.1, -0.05) is 40.2 Å². The Kier molecular flexibility index (Phi) is 3.97. The molecule has 0 aliphatic carbocycles. The number of hydrogen-bond acceptors (Lipinski definition) is 1. The van der Waals surface area contributed by atoms with Crippen LogP contribution in [0, 0.1) is 11.6 Å². The van der Waals surface area contributed by atoms with E-state index in [9.17, 15) is 8.78 Å². The predicted octanol–water partition coefficient (Wildman–Crippen LogP) is 4.46. The Bertz CT molecular complexity index is 540. The number of rotatable bonds is 3. The van der Waals surface area contributed by atoms with Crippen LogP contribution in [0.15, 0.2) is 42.5 Å². The quantitative estimate of drug-likeness (QED) is 0.760. The van der Waals surface area contributed by atoms with E-state index >= 15 is 0 Å². The van der Waals surface area contributed by atoms with Gasteiger partial charge in [0, 0.05) is 5.56 Å². The molecule has 1 atom stereocenters. The Balaban J connectivity index is 2.35. The molecule has 1 unspecified atom stereocenters. The second-order valence-corrected chi connectivity index (χ2v) is 4.69. The summed E-state index contributed by atoms with van der Waals surface area (Å²) >= 11 is 3.38. The third kappa shape index (κ3) is 2.53. The lowest BCUT2D eigenvalue weighted by molar-refractivity contribution is 0.414. The molecule has 0 fully saturated rings. The van der Waals surface area contributed by atoms with Gasteiger partial charge in [-0.2, -0.15) is 0 Å². The molecule has 1 nitrogen and oxygen atoms in total. The van der Waals surface area contributed by atoms with E-state index in [0.717, 1.165) is 17.4 Å². The van der Waals surface area contributed by atoms with Crippen LogP contribution in [0.4, 0.5) is 8.78 Å². The monoisotopic (exact) mass is 312 g/mol. The Morgan fingerprint density at radius 2 is 1.72 bits per heavy atom. The van der Waals surface area contributed by atoms with Crippen molar-refractivity contribution in [3.05, 3.63) is 65.2 Å². The van der Waals surface area contributed by atoms with Crippen LogP contribution in [0.25, 0.3) is 0 Å². The lowest BCUT2D eigenvalue weighted by atomic mass is 10.0. The fourth-order valence-corrected chi connectivity index (χ4v) is 2.33. The molecule has 0 heterocycles. The number of ether oxygens (including phenoxy) is 1. The molecule has 0 aliphatic rings. The maximum absolute atomic E-state index is 13.7. The van der Waals surface area contributed by atoms with Gasteiger partial charge in [-0.15, -0.1) is 0 Å². The summed E-state index contributed by atoms with van der Waals surface area (Å²) in [7, 11) is 1.58. The molecular weight excluding hydrogens is 302 g/mol. The van der Waals surface area contributed by atoms with E-state index in [-0.39, 0.29) is 10.4 Å². The van der Waals surface area contributed by atoms with Crippen LogP contribution < -0.4 is 4.74 Å². The molecule has 0 aromatic heterocycles. The Morgan fingerprint density at radius 3 is 2.33 bits per heavy atom. The minimum atomic E-state index is -0.842. The van der Waals surface area contributed by atoms with Crippen LogP contribution in [0.2, 0.25) is 0 Å². The minimum Gasteiger partial charge on any atom is -0.497 e. The molecule has 2 aromatic rings. The second-order valence-electron chi connectivity index (χ2n) is 3.78. The molecular formula is C14H11BrF2O. The van der Waals surface area contributed by atoms with E-state index in [1.807, 2.05) is 12.1 Å². The van der Waals surface area contributed by atoms with Gasteiger partial charge in [0.2, 0.25) is 0 Å². The number of halogens is 3. The molecule has 0 bridgehead atoms. The lowest BCUT2D eigenvalue weighted by Gasteiger charge is -2.12. The van der Waals surface area contributed by atoms with Crippen molar-refractivity contribution >= 4 is 15.9 Å². The summed E-state index contributed by atoms with van der Waals surface area (Å²) in [4.78, 5) is -0.390. The average Bonchev–Trinajstić information content (AvgIpc) is 2.41. The third-order valence-corrected chi connectivity index (χ3v) is 3.68. The number of alkyl halides is 1. The van der Waals surface area contributed by atoms with Crippen LogP contribution in [-0.4, -0.2) is 7.11 Å². The largest absolute Gasteiger partial charge is 0.497 e. The SMILES string of the molecule is COc1ccc(C(Br)c2cccc(F)c2F)cc1. The molecule has 0 saturated carbocycles. The van der Waals surface area contributed by atoms with Gasteiger partial charge < -0.3 is 4.74 Å². The maximum Gasteiger partial charge on any atom is 0.163 e. The first-order chi connectivity index (χ1) is 8.63. The summed E-state index contributed by atoms with van der Waals surface area (Å²) < 4.78 is 31.9. The van der Waals surface area contributed by atoms with Gasteiger partial charge >= 0.3 is 0 Å². The molecule has 0 N–H and O–H groups in total. The molecule has 0 saturated heterocycles. The van der Waals surface area contributed by atoms with Gasteiger partial charge in [0.15, 0.2) is 11.6 Å². The van der Waals surface area contributed by atoms with Crippen molar-refractivity contribution in [3.8, 4) is 5.75 Å².